The molecule has 0 spiro atoms. The van der Waals surface area contributed by atoms with Gasteiger partial charge in [-0.25, -0.2) is 0 Å². The molecule has 0 amide bonds. The Balaban J connectivity index is 1.24. The maximum Gasteiger partial charge on any atom is 0.143 e. The molecule has 0 radical (unpaired) electrons. The Bertz CT molecular complexity index is 3570. The Morgan fingerprint density at radius 2 is 0.672 bits per heavy atom. The molecule has 11 aromatic carbocycles. The van der Waals surface area contributed by atoms with Crippen LogP contribution in [0.3, 0.4) is 0 Å². The normalized spacial score (nSPS) is 12.3. The van der Waals surface area contributed by atoms with Crippen LogP contribution in [0, 0.1) is 0 Å². The molecule has 1 aromatic heterocycles. The van der Waals surface area contributed by atoms with Gasteiger partial charge >= 0.3 is 0 Å². The van der Waals surface area contributed by atoms with Gasteiger partial charge in [-0.3, -0.25) is 0 Å². The van der Waals surface area contributed by atoms with Crippen molar-refractivity contribution < 1.29 is 4.42 Å². The fourth-order valence-corrected chi connectivity index (χ4v) is 10.7. The van der Waals surface area contributed by atoms with Gasteiger partial charge in [0.1, 0.15) is 66.1 Å². The summed E-state index contributed by atoms with van der Waals surface area (Å²) >= 11 is 0. The Morgan fingerprint density at radius 1 is 0.293 bits per heavy atom. The van der Waals surface area contributed by atoms with Crippen LogP contribution in [0.25, 0.3) is 120 Å². The standard InChI is InChI=1S/C50H35B7O/c51-42-39(40-41-43(52)44(53)46(55)48(57)50(41)58-49(40)47(56)45(42)54)30-20-28(31-15-11-26-9-7-22-3-1-5-24-13-17-33(31)37(26)35(22)24)19-29(21-30)32-16-12-27-10-8-23-4-2-6-25-14-18-34(32)38(27)36(23)25/h1-21H,51-57H2. The van der Waals surface area contributed by atoms with Gasteiger partial charge in [-0.15, -0.1) is 5.46 Å². The van der Waals surface area contributed by atoms with Crippen molar-refractivity contribution in [3.05, 3.63) is 127 Å². The Hall–Kier alpha value is -6.25. The highest BCUT2D eigenvalue weighted by atomic mass is 16.3. The second-order valence-electron chi connectivity index (χ2n) is 17.0. The molecule has 0 atom stereocenters. The highest BCUT2D eigenvalue weighted by Gasteiger charge is 2.24. The second kappa shape index (κ2) is 11.9. The maximum absolute atomic E-state index is 7.00. The van der Waals surface area contributed by atoms with Gasteiger partial charge in [-0.05, 0) is 116 Å². The zero-order valence-electron chi connectivity index (χ0n) is 34.0. The zero-order chi connectivity index (χ0) is 39.3. The third-order valence-electron chi connectivity index (χ3n) is 14.3. The van der Waals surface area contributed by atoms with Crippen LogP contribution in [0.2, 0.25) is 0 Å². The zero-order valence-corrected chi connectivity index (χ0v) is 34.0. The van der Waals surface area contributed by atoms with Gasteiger partial charge in [0.25, 0.3) is 0 Å². The third-order valence-corrected chi connectivity index (χ3v) is 14.3. The van der Waals surface area contributed by atoms with Crippen molar-refractivity contribution in [2.24, 2.45) is 0 Å². The summed E-state index contributed by atoms with van der Waals surface area (Å²) in [6.45, 7) is 0. The van der Waals surface area contributed by atoms with Crippen molar-refractivity contribution in [3.8, 4) is 33.4 Å². The molecule has 0 aliphatic carbocycles. The number of rotatable bonds is 3. The smallest absolute Gasteiger partial charge is 0.143 e. The summed E-state index contributed by atoms with van der Waals surface area (Å²) < 4.78 is 7.00. The number of fused-ring (bicyclic) bond motifs is 3. The summed E-state index contributed by atoms with van der Waals surface area (Å²) in [5.74, 6) is 0. The SMILES string of the molecule is Bc1c(B)c(B)c2c(oc3c(B)c(B)c(B)c(-c4cc(-c5ccc6ccc7cccc8ccc5c6c78)cc(-c5ccc6ccc7cccc8ccc5c6c78)c4)c32)c1B. The van der Waals surface area contributed by atoms with Crippen molar-refractivity contribution in [3.63, 3.8) is 0 Å². The lowest BCUT2D eigenvalue weighted by Crippen LogP contribution is -2.47. The summed E-state index contributed by atoms with van der Waals surface area (Å²) in [5, 5.41) is 18.1. The minimum Gasteiger partial charge on any atom is -0.457 e. The summed E-state index contributed by atoms with van der Waals surface area (Å²) in [6, 6.07) is 48.5. The van der Waals surface area contributed by atoms with Crippen LogP contribution in [0.5, 0.6) is 0 Å². The summed E-state index contributed by atoms with van der Waals surface area (Å²) in [4.78, 5) is 0. The lowest BCUT2D eigenvalue weighted by Gasteiger charge is -2.20. The predicted molar refractivity (Wildman–Crippen MR) is 275 cm³/mol. The maximum atomic E-state index is 7.00. The largest absolute Gasteiger partial charge is 0.457 e. The van der Waals surface area contributed by atoms with Crippen molar-refractivity contribution in [1.29, 1.82) is 0 Å². The Morgan fingerprint density at radius 3 is 1.17 bits per heavy atom. The van der Waals surface area contributed by atoms with E-state index < -0.39 is 0 Å². The van der Waals surface area contributed by atoms with E-state index >= 15 is 0 Å². The first-order chi connectivity index (χ1) is 28.2. The van der Waals surface area contributed by atoms with Crippen molar-refractivity contribution in [2.75, 3.05) is 0 Å². The summed E-state index contributed by atoms with van der Waals surface area (Å²) in [6.07, 6.45) is 0. The lowest BCUT2D eigenvalue weighted by atomic mass is 9.64. The number of hydrogen-bond acceptors (Lipinski definition) is 1. The first-order valence-electron chi connectivity index (χ1n) is 20.6. The van der Waals surface area contributed by atoms with Crippen LogP contribution in [0.4, 0.5) is 0 Å². The van der Waals surface area contributed by atoms with Gasteiger partial charge in [0.15, 0.2) is 0 Å². The topological polar surface area (TPSA) is 13.1 Å². The molecule has 0 saturated carbocycles. The molecular formula is C50H35B7O. The average Bonchev–Trinajstić information content (AvgIpc) is 3.65. The van der Waals surface area contributed by atoms with Gasteiger partial charge in [-0.2, -0.15) is 0 Å². The monoisotopic (exact) mass is 728 g/mol. The molecular weight excluding hydrogens is 692 g/mol. The first-order valence-corrected chi connectivity index (χ1v) is 20.6. The quantitative estimate of drug-likeness (QED) is 0.201. The number of benzene rings is 11. The molecule has 0 N–H and O–H groups in total. The minimum atomic E-state index is 1.00. The first kappa shape index (κ1) is 33.9. The molecule has 58 heavy (non-hydrogen) atoms. The van der Waals surface area contributed by atoms with Crippen LogP contribution in [-0.2, 0) is 0 Å². The predicted octanol–water partition coefficient (Wildman–Crippen LogP) is 2.19. The summed E-state index contributed by atoms with van der Waals surface area (Å²) in [5.41, 5.74) is 18.4. The van der Waals surface area contributed by atoms with Gasteiger partial charge in [-0.1, -0.05) is 142 Å². The van der Waals surface area contributed by atoms with Crippen molar-refractivity contribution in [2.45, 2.75) is 0 Å². The third kappa shape index (κ3) is 4.41. The van der Waals surface area contributed by atoms with Crippen LogP contribution >= 0.6 is 0 Å². The summed E-state index contributed by atoms with van der Waals surface area (Å²) in [7, 11) is 15.8. The molecule has 0 saturated heterocycles. The molecule has 0 fully saturated rings. The molecule has 12 rings (SSSR count). The van der Waals surface area contributed by atoms with Crippen LogP contribution < -0.4 is 38.2 Å². The van der Waals surface area contributed by atoms with Gasteiger partial charge < -0.3 is 4.42 Å². The molecule has 0 bridgehead atoms. The Labute approximate surface area is 343 Å². The van der Waals surface area contributed by atoms with E-state index in [1.165, 1.54) is 147 Å². The average molecular weight is 728 g/mol. The van der Waals surface area contributed by atoms with Crippen molar-refractivity contribution in [1.82, 2.24) is 0 Å². The van der Waals surface area contributed by atoms with Crippen LogP contribution in [0.1, 0.15) is 0 Å². The van der Waals surface area contributed by atoms with E-state index in [1.807, 2.05) is 0 Å². The van der Waals surface area contributed by atoms with E-state index in [9.17, 15) is 0 Å². The molecule has 12 aromatic rings. The van der Waals surface area contributed by atoms with Crippen LogP contribution in [0.15, 0.2) is 132 Å². The van der Waals surface area contributed by atoms with Gasteiger partial charge in [0, 0.05) is 10.8 Å². The molecule has 8 heteroatoms. The molecule has 0 aliphatic heterocycles. The number of hydrogen-bond donors (Lipinski definition) is 0. The van der Waals surface area contributed by atoms with E-state index in [0.717, 1.165) is 11.2 Å². The second-order valence-corrected chi connectivity index (χ2v) is 17.0. The van der Waals surface area contributed by atoms with E-state index in [-0.39, 0.29) is 0 Å². The van der Waals surface area contributed by atoms with E-state index in [1.54, 1.807) is 0 Å². The Kier molecular flexibility index (Phi) is 6.95. The van der Waals surface area contributed by atoms with E-state index in [0.29, 0.717) is 0 Å². The fraction of sp³-hybridized carbons (Fsp3) is 0. The fourth-order valence-electron chi connectivity index (χ4n) is 10.7. The highest BCUT2D eigenvalue weighted by Crippen LogP contribution is 2.45. The highest BCUT2D eigenvalue weighted by molar-refractivity contribution is 6.68. The van der Waals surface area contributed by atoms with Crippen molar-refractivity contribution >= 4 is 180 Å². The minimum absolute atomic E-state index is 1.00. The molecule has 1 nitrogen and oxygen atoms in total. The van der Waals surface area contributed by atoms with Gasteiger partial charge in [0.2, 0.25) is 0 Å². The van der Waals surface area contributed by atoms with Gasteiger partial charge in [0.05, 0.1) is 0 Å². The number of furan rings is 1. The molecule has 1 heterocycles. The van der Waals surface area contributed by atoms with E-state index in [2.05, 4.69) is 182 Å². The van der Waals surface area contributed by atoms with E-state index in [4.69, 9.17) is 4.42 Å². The molecule has 262 valence electrons. The van der Waals surface area contributed by atoms with Crippen LogP contribution in [-0.4, -0.2) is 54.9 Å². The lowest BCUT2D eigenvalue weighted by molar-refractivity contribution is 0.675. The molecule has 0 unspecified atom stereocenters. The molecule has 0 aliphatic rings.